The van der Waals surface area contributed by atoms with Crippen LogP contribution in [0, 0.1) is 11.3 Å². The molecule has 0 saturated carbocycles. The molecule has 1 fully saturated rings. The molecule has 4 amide bonds. The molecule has 0 radical (unpaired) electrons. The molecule has 2 aromatic carbocycles. The van der Waals surface area contributed by atoms with Gasteiger partial charge >= 0.3 is 18.2 Å². The summed E-state index contributed by atoms with van der Waals surface area (Å²) in [5, 5.41) is 16.4. The highest BCUT2D eigenvalue weighted by atomic mass is 19.4. The second-order valence-electron chi connectivity index (χ2n) is 11.5. The Balaban J connectivity index is 1.56. The molecule has 3 heterocycles. The largest absolute Gasteiger partial charge is 0.442 e. The maximum absolute atomic E-state index is 14.1. The second-order valence-corrected chi connectivity index (χ2v) is 11.5. The van der Waals surface area contributed by atoms with Crippen molar-refractivity contribution >= 4 is 17.7 Å². The summed E-state index contributed by atoms with van der Waals surface area (Å²) in [4.78, 5) is 36.5. The molecule has 5 rings (SSSR count). The van der Waals surface area contributed by atoms with Crippen molar-refractivity contribution < 1.29 is 27.2 Å². The lowest BCUT2D eigenvalue weighted by molar-refractivity contribution is -0.137. The van der Waals surface area contributed by atoms with Gasteiger partial charge < -0.3 is 14.6 Å². The van der Waals surface area contributed by atoms with E-state index in [9.17, 15) is 28.0 Å². The lowest BCUT2D eigenvalue weighted by Crippen LogP contribution is -2.50. The van der Waals surface area contributed by atoms with Crippen molar-refractivity contribution in [3.05, 3.63) is 95.5 Å². The minimum absolute atomic E-state index is 0.0210. The van der Waals surface area contributed by atoms with Crippen LogP contribution >= 0.6 is 0 Å². The van der Waals surface area contributed by atoms with Crippen molar-refractivity contribution in [2.45, 2.75) is 51.1 Å². The van der Waals surface area contributed by atoms with E-state index in [2.05, 4.69) is 21.5 Å². The fraction of sp³-hybridized carbons (Fsp3) is 0.323. The van der Waals surface area contributed by atoms with Gasteiger partial charge in [0.05, 0.1) is 47.4 Å². The zero-order valence-electron chi connectivity index (χ0n) is 25.2. The van der Waals surface area contributed by atoms with Crippen molar-refractivity contribution in [1.29, 1.82) is 5.26 Å². The summed E-state index contributed by atoms with van der Waals surface area (Å²) in [6.45, 7) is 5.47. The van der Waals surface area contributed by atoms with Crippen LogP contribution in [0.4, 0.5) is 28.4 Å². The van der Waals surface area contributed by atoms with Crippen LogP contribution < -0.4 is 10.2 Å². The molecule has 45 heavy (non-hydrogen) atoms. The summed E-state index contributed by atoms with van der Waals surface area (Å²) in [7, 11) is 3.74. The highest BCUT2D eigenvalue weighted by molar-refractivity contribution is 6.05. The Bertz CT molecular complexity index is 1750. The first kappa shape index (κ1) is 31.3. The van der Waals surface area contributed by atoms with E-state index >= 15 is 0 Å². The second kappa shape index (κ2) is 11.7. The monoisotopic (exact) mass is 620 g/mol. The third kappa shape index (κ3) is 6.12. The number of benzene rings is 2. The van der Waals surface area contributed by atoms with Crippen LogP contribution in [0.3, 0.4) is 0 Å². The topological polar surface area (TPSA) is 124 Å². The number of rotatable bonds is 7. The van der Waals surface area contributed by atoms with Crippen molar-refractivity contribution in [3.8, 4) is 11.8 Å². The molecule has 2 unspecified atom stereocenters. The molecule has 14 heteroatoms. The summed E-state index contributed by atoms with van der Waals surface area (Å²) < 4.78 is 48.3. The SMILES string of the molecule is CC1C(c2ccnn2-c2ccc(C#N)cc2)N(C(=O)NC(C)(C)c2ncc(CN(C)C)o2)C(=O)N1c1cccc(C(F)(F)F)c1. The number of aromatic nitrogens is 3. The zero-order chi connectivity index (χ0) is 32.7. The standard InChI is InChI=1S/C31H31F3N8O3/c1-19-26(25-13-14-37-42(25)22-11-9-20(16-35)10-12-22)41(29(44)40(19)23-8-6-7-21(15-23)31(32,33)34)28(43)38-30(2,3)27-36-17-24(45-27)18-39(4)5/h6-15,17,19,26H,18H2,1-5H3,(H,38,43). The van der Waals surface area contributed by atoms with Gasteiger partial charge in [-0.3, -0.25) is 4.90 Å². The first-order valence-corrected chi connectivity index (χ1v) is 14.0. The van der Waals surface area contributed by atoms with E-state index in [4.69, 9.17) is 4.42 Å². The predicted octanol–water partition coefficient (Wildman–Crippen LogP) is 5.83. The minimum Gasteiger partial charge on any atom is -0.442 e. The average molecular weight is 621 g/mol. The number of carbonyl (C=O) groups is 2. The maximum atomic E-state index is 14.1. The third-order valence-corrected chi connectivity index (χ3v) is 7.42. The molecule has 1 saturated heterocycles. The van der Waals surface area contributed by atoms with Crippen molar-refractivity contribution in [2.24, 2.45) is 0 Å². The van der Waals surface area contributed by atoms with Crippen LogP contribution in [0.15, 0.2) is 71.4 Å². The lowest BCUT2D eigenvalue weighted by atomic mass is 10.0. The number of nitriles is 1. The highest BCUT2D eigenvalue weighted by Crippen LogP contribution is 2.41. The van der Waals surface area contributed by atoms with Gasteiger partial charge in [0, 0.05) is 11.9 Å². The van der Waals surface area contributed by atoms with Gasteiger partial charge in [0.25, 0.3) is 0 Å². The number of imide groups is 1. The first-order chi connectivity index (χ1) is 21.2. The summed E-state index contributed by atoms with van der Waals surface area (Å²) in [6, 6.07) is 11.2. The molecule has 0 bridgehead atoms. The Kier molecular flexibility index (Phi) is 8.15. The van der Waals surface area contributed by atoms with E-state index in [1.165, 1.54) is 27.9 Å². The smallest absolute Gasteiger partial charge is 0.416 e. The van der Waals surface area contributed by atoms with Crippen LogP contribution in [0.25, 0.3) is 5.69 Å². The molecule has 4 aromatic rings. The summed E-state index contributed by atoms with van der Waals surface area (Å²) in [6.07, 6.45) is -1.59. The van der Waals surface area contributed by atoms with Crippen LogP contribution in [0.5, 0.6) is 0 Å². The van der Waals surface area contributed by atoms with Gasteiger partial charge in [-0.15, -0.1) is 0 Å². The Morgan fingerprint density at radius 3 is 2.47 bits per heavy atom. The van der Waals surface area contributed by atoms with Crippen LogP contribution in [-0.2, 0) is 18.3 Å². The first-order valence-electron chi connectivity index (χ1n) is 14.0. The Hall–Kier alpha value is -5.16. The third-order valence-electron chi connectivity index (χ3n) is 7.42. The Labute approximate surface area is 257 Å². The maximum Gasteiger partial charge on any atom is 0.416 e. The van der Waals surface area contributed by atoms with Gasteiger partial charge in [0.2, 0.25) is 5.89 Å². The number of hydrogen-bond donors (Lipinski definition) is 1. The van der Waals surface area contributed by atoms with Crippen LogP contribution in [-0.4, -0.2) is 56.8 Å². The molecule has 2 aromatic heterocycles. The fourth-order valence-corrected chi connectivity index (χ4v) is 5.33. The van der Waals surface area contributed by atoms with Crippen LogP contribution in [0.1, 0.15) is 55.3 Å². The summed E-state index contributed by atoms with van der Waals surface area (Å²) in [5.41, 5.74) is -0.719. The molecule has 1 aliphatic heterocycles. The predicted molar refractivity (Wildman–Crippen MR) is 157 cm³/mol. The average Bonchev–Trinajstić information content (AvgIpc) is 3.70. The number of hydrogen-bond acceptors (Lipinski definition) is 7. The van der Waals surface area contributed by atoms with Gasteiger partial charge in [0.15, 0.2) is 0 Å². The van der Waals surface area contributed by atoms with Gasteiger partial charge in [-0.2, -0.15) is 23.5 Å². The number of alkyl halides is 3. The summed E-state index contributed by atoms with van der Waals surface area (Å²) in [5.74, 6) is 0.782. The quantitative estimate of drug-likeness (QED) is 0.276. The normalized spacial score (nSPS) is 17.2. The zero-order valence-corrected chi connectivity index (χ0v) is 25.2. The molecule has 234 valence electrons. The Morgan fingerprint density at radius 1 is 1.11 bits per heavy atom. The molecule has 0 aliphatic carbocycles. The van der Waals surface area contributed by atoms with Gasteiger partial charge in [-0.25, -0.2) is 24.2 Å². The van der Waals surface area contributed by atoms with E-state index in [0.717, 1.165) is 17.0 Å². The molecule has 1 aliphatic rings. The molecule has 2 atom stereocenters. The van der Waals surface area contributed by atoms with E-state index in [0.29, 0.717) is 29.2 Å². The number of urea groups is 2. The molecule has 1 N–H and O–H groups in total. The number of amides is 4. The lowest BCUT2D eigenvalue weighted by Gasteiger charge is -2.29. The molecule has 11 nitrogen and oxygen atoms in total. The Morgan fingerprint density at radius 2 is 1.82 bits per heavy atom. The van der Waals surface area contributed by atoms with Crippen LogP contribution in [0.2, 0.25) is 0 Å². The van der Waals surface area contributed by atoms with Crippen molar-refractivity contribution in [3.63, 3.8) is 0 Å². The summed E-state index contributed by atoms with van der Waals surface area (Å²) >= 11 is 0. The van der Waals surface area contributed by atoms with Crippen molar-refractivity contribution in [1.82, 2.24) is 29.9 Å². The van der Waals surface area contributed by atoms with E-state index in [-0.39, 0.29) is 11.6 Å². The van der Waals surface area contributed by atoms with Gasteiger partial charge in [-0.05, 0) is 83.4 Å². The fourth-order valence-electron chi connectivity index (χ4n) is 5.33. The van der Waals surface area contributed by atoms with Gasteiger partial charge in [0.1, 0.15) is 17.3 Å². The molecular weight excluding hydrogens is 589 g/mol. The highest BCUT2D eigenvalue weighted by Gasteiger charge is 2.51. The van der Waals surface area contributed by atoms with E-state index < -0.39 is 41.4 Å². The van der Waals surface area contributed by atoms with Crippen molar-refractivity contribution in [2.75, 3.05) is 19.0 Å². The van der Waals surface area contributed by atoms with E-state index in [1.807, 2.05) is 19.0 Å². The van der Waals surface area contributed by atoms with Gasteiger partial charge in [-0.1, -0.05) is 6.07 Å². The number of nitrogens with zero attached hydrogens (tertiary/aromatic N) is 7. The minimum atomic E-state index is -4.64. The number of anilines is 1. The number of carbonyl (C=O) groups excluding carboxylic acids is 2. The molecule has 0 spiro atoms. The number of oxazole rings is 1. The molecular formula is C31H31F3N8O3. The number of halogens is 3. The van der Waals surface area contributed by atoms with E-state index in [1.54, 1.807) is 57.3 Å². The number of nitrogens with one attached hydrogen (secondary N) is 1.